The molecule has 0 spiro atoms. The van der Waals surface area contributed by atoms with Crippen molar-refractivity contribution in [3.63, 3.8) is 0 Å². The van der Waals surface area contributed by atoms with Gasteiger partial charge < -0.3 is 20.4 Å². The van der Waals surface area contributed by atoms with Crippen LogP contribution in [0.1, 0.15) is 39.4 Å². The quantitative estimate of drug-likeness (QED) is 0.708. The van der Waals surface area contributed by atoms with Gasteiger partial charge in [-0.3, -0.25) is 9.59 Å². The molecule has 1 aliphatic rings. The maximum absolute atomic E-state index is 12.2. The number of rotatable bonds is 7. The van der Waals surface area contributed by atoms with Crippen LogP contribution < -0.4 is 15.4 Å². The van der Waals surface area contributed by atoms with E-state index in [0.717, 1.165) is 18.4 Å². The van der Waals surface area contributed by atoms with Crippen LogP contribution in [0.4, 0.5) is 0 Å². The highest BCUT2D eigenvalue weighted by molar-refractivity contribution is 6.30. The predicted octanol–water partition coefficient (Wildman–Crippen LogP) is 2.54. The van der Waals surface area contributed by atoms with Crippen molar-refractivity contribution in [2.75, 3.05) is 13.7 Å². The van der Waals surface area contributed by atoms with Crippen LogP contribution in [0.2, 0.25) is 5.02 Å². The molecule has 2 amide bonds. The molecule has 1 heterocycles. The molecule has 0 radical (unpaired) electrons. The summed E-state index contributed by atoms with van der Waals surface area (Å²) in [6, 6.07) is 9.32. The first kappa shape index (κ1) is 17.4. The largest absolute Gasteiger partial charge is 0.491 e. The summed E-state index contributed by atoms with van der Waals surface area (Å²) in [5.41, 5.74) is 1.65. The first-order valence-corrected chi connectivity index (χ1v) is 8.58. The number of halogens is 1. The van der Waals surface area contributed by atoms with Crippen LogP contribution in [0.3, 0.4) is 0 Å². The minimum Gasteiger partial charge on any atom is -0.491 e. The molecule has 3 rings (SSSR count). The summed E-state index contributed by atoms with van der Waals surface area (Å²) in [4.78, 5) is 27.0. The molecule has 1 aliphatic carbocycles. The third kappa shape index (κ3) is 4.54. The fourth-order valence-corrected chi connectivity index (χ4v) is 2.51. The highest BCUT2D eigenvalue weighted by Crippen LogP contribution is 2.23. The Bertz CT molecular complexity index is 766. The van der Waals surface area contributed by atoms with Gasteiger partial charge in [0.05, 0.1) is 6.61 Å². The van der Waals surface area contributed by atoms with Gasteiger partial charge in [0.25, 0.3) is 11.8 Å². The standard InChI is InChI=1S/C18H20ClN3O3/c1-20-18(24)16-15(10-14(22-16)17(23)21-13-6-7-13)25-9-8-11-2-4-12(19)5-3-11/h2-5,10,13,22H,6-9H2,1H3,(H,20,24)(H,21,23). The fraction of sp³-hybridized carbons (Fsp3) is 0.333. The average molecular weight is 362 g/mol. The number of ether oxygens (including phenoxy) is 1. The molecule has 6 nitrogen and oxygen atoms in total. The highest BCUT2D eigenvalue weighted by Gasteiger charge is 2.26. The van der Waals surface area contributed by atoms with Crippen molar-refractivity contribution in [1.29, 1.82) is 0 Å². The summed E-state index contributed by atoms with van der Waals surface area (Å²) in [5, 5.41) is 6.11. The van der Waals surface area contributed by atoms with Crippen molar-refractivity contribution in [2.45, 2.75) is 25.3 Å². The zero-order valence-electron chi connectivity index (χ0n) is 13.9. The highest BCUT2D eigenvalue weighted by atomic mass is 35.5. The van der Waals surface area contributed by atoms with E-state index in [1.54, 1.807) is 6.07 Å². The molecule has 1 aromatic carbocycles. The van der Waals surface area contributed by atoms with Crippen LogP contribution in [0.15, 0.2) is 30.3 Å². The van der Waals surface area contributed by atoms with Gasteiger partial charge in [0.1, 0.15) is 11.4 Å². The average Bonchev–Trinajstić information content (AvgIpc) is 3.32. The number of nitrogens with one attached hydrogen (secondary N) is 3. The molecule has 1 saturated carbocycles. The monoisotopic (exact) mass is 361 g/mol. The van der Waals surface area contributed by atoms with Crippen LogP contribution in [0, 0.1) is 0 Å². The van der Waals surface area contributed by atoms with Crippen molar-refractivity contribution in [2.24, 2.45) is 0 Å². The molecule has 3 N–H and O–H groups in total. The lowest BCUT2D eigenvalue weighted by atomic mass is 10.2. The number of H-pyrrole nitrogens is 1. The Morgan fingerprint density at radius 2 is 1.96 bits per heavy atom. The van der Waals surface area contributed by atoms with Crippen LogP contribution in [0.5, 0.6) is 5.75 Å². The van der Waals surface area contributed by atoms with Gasteiger partial charge in [-0.05, 0) is 30.5 Å². The normalized spacial score (nSPS) is 13.4. The smallest absolute Gasteiger partial charge is 0.271 e. The first-order valence-electron chi connectivity index (χ1n) is 8.20. The van der Waals surface area contributed by atoms with Crippen LogP contribution in [0.25, 0.3) is 0 Å². The molecular formula is C18H20ClN3O3. The Kier molecular flexibility index (Phi) is 5.28. The van der Waals surface area contributed by atoms with Crippen molar-refractivity contribution < 1.29 is 14.3 Å². The van der Waals surface area contributed by atoms with E-state index in [4.69, 9.17) is 16.3 Å². The molecule has 0 aliphatic heterocycles. The van der Waals surface area contributed by atoms with E-state index in [0.29, 0.717) is 29.5 Å². The van der Waals surface area contributed by atoms with Gasteiger partial charge in [-0.1, -0.05) is 23.7 Å². The maximum atomic E-state index is 12.2. The molecule has 2 aromatic rings. The van der Waals surface area contributed by atoms with Gasteiger partial charge in [-0.2, -0.15) is 0 Å². The molecular weight excluding hydrogens is 342 g/mol. The van der Waals surface area contributed by atoms with Crippen LogP contribution >= 0.6 is 11.6 Å². The molecule has 0 unspecified atom stereocenters. The number of aromatic nitrogens is 1. The summed E-state index contributed by atoms with van der Waals surface area (Å²) in [6.45, 7) is 0.382. The van der Waals surface area contributed by atoms with Gasteiger partial charge >= 0.3 is 0 Å². The van der Waals surface area contributed by atoms with Gasteiger partial charge in [-0.25, -0.2) is 0 Å². The lowest BCUT2D eigenvalue weighted by Gasteiger charge is -2.06. The predicted molar refractivity (Wildman–Crippen MR) is 95.3 cm³/mol. The minimum atomic E-state index is -0.327. The van der Waals surface area contributed by atoms with Crippen molar-refractivity contribution in [1.82, 2.24) is 15.6 Å². The van der Waals surface area contributed by atoms with Crippen LogP contribution in [-0.4, -0.2) is 36.5 Å². The minimum absolute atomic E-state index is 0.222. The van der Waals surface area contributed by atoms with Crippen molar-refractivity contribution in [3.05, 3.63) is 52.3 Å². The second kappa shape index (κ2) is 7.61. The van der Waals surface area contributed by atoms with E-state index >= 15 is 0 Å². The third-order valence-corrected chi connectivity index (χ3v) is 4.21. The molecule has 25 heavy (non-hydrogen) atoms. The Balaban J connectivity index is 1.67. The van der Waals surface area contributed by atoms with E-state index in [9.17, 15) is 9.59 Å². The number of carbonyl (C=O) groups excluding carboxylic acids is 2. The lowest BCUT2D eigenvalue weighted by Crippen LogP contribution is -2.26. The molecule has 0 bridgehead atoms. The Morgan fingerprint density at radius 3 is 2.60 bits per heavy atom. The number of aromatic amines is 1. The summed E-state index contributed by atoms with van der Waals surface area (Å²) in [7, 11) is 1.53. The van der Waals surface area contributed by atoms with E-state index in [1.165, 1.54) is 7.05 Å². The summed E-state index contributed by atoms with van der Waals surface area (Å²) in [6.07, 6.45) is 2.66. The molecule has 0 saturated heterocycles. The summed E-state index contributed by atoms with van der Waals surface area (Å²) in [5.74, 6) is -0.179. The number of hydrogen-bond donors (Lipinski definition) is 3. The molecule has 1 aromatic heterocycles. The lowest BCUT2D eigenvalue weighted by molar-refractivity contribution is 0.0946. The second-order valence-electron chi connectivity index (χ2n) is 5.97. The zero-order valence-corrected chi connectivity index (χ0v) is 14.7. The number of amides is 2. The SMILES string of the molecule is CNC(=O)c1[nH]c(C(=O)NC2CC2)cc1OCCc1ccc(Cl)cc1. The second-order valence-corrected chi connectivity index (χ2v) is 6.41. The topological polar surface area (TPSA) is 83.2 Å². The van der Waals surface area contributed by atoms with E-state index in [-0.39, 0.29) is 23.6 Å². The van der Waals surface area contributed by atoms with Crippen LogP contribution in [-0.2, 0) is 6.42 Å². The number of hydrogen-bond acceptors (Lipinski definition) is 3. The van der Waals surface area contributed by atoms with E-state index < -0.39 is 0 Å². The van der Waals surface area contributed by atoms with Gasteiger partial charge in [0, 0.05) is 30.6 Å². The summed E-state index contributed by atoms with van der Waals surface area (Å²) >= 11 is 5.87. The Hall–Kier alpha value is -2.47. The number of carbonyl (C=O) groups is 2. The Labute approximate surface area is 150 Å². The fourth-order valence-electron chi connectivity index (χ4n) is 2.39. The van der Waals surface area contributed by atoms with Crippen molar-refractivity contribution >= 4 is 23.4 Å². The first-order chi connectivity index (χ1) is 12.1. The van der Waals surface area contributed by atoms with Gasteiger partial charge in [-0.15, -0.1) is 0 Å². The Morgan fingerprint density at radius 1 is 1.24 bits per heavy atom. The molecule has 1 fully saturated rings. The van der Waals surface area contributed by atoms with Gasteiger partial charge in [0.2, 0.25) is 0 Å². The van der Waals surface area contributed by atoms with Gasteiger partial charge in [0.15, 0.2) is 5.75 Å². The third-order valence-electron chi connectivity index (χ3n) is 3.95. The van der Waals surface area contributed by atoms with Crippen molar-refractivity contribution in [3.8, 4) is 5.75 Å². The van der Waals surface area contributed by atoms with E-state index in [2.05, 4.69) is 15.6 Å². The number of benzene rings is 1. The molecule has 7 heteroatoms. The molecule has 0 atom stereocenters. The summed E-state index contributed by atoms with van der Waals surface area (Å²) < 4.78 is 5.74. The maximum Gasteiger partial charge on any atom is 0.271 e. The van der Waals surface area contributed by atoms with E-state index in [1.807, 2.05) is 24.3 Å². The molecule has 132 valence electrons. The zero-order chi connectivity index (χ0) is 17.8.